The number of H-pyrrole nitrogens is 1. The monoisotopic (exact) mass is 240 g/mol. The molecule has 0 aliphatic rings. The first-order valence-electron chi connectivity index (χ1n) is 5.09. The number of hydrogen-bond donors (Lipinski definition) is 1. The van der Waals surface area contributed by atoms with Crippen LogP contribution in [0.1, 0.15) is 0 Å². The zero-order chi connectivity index (χ0) is 12.4. The molecule has 0 aliphatic carbocycles. The molecule has 1 aromatic carbocycles. The fraction of sp³-hybridized carbons (Fsp3) is 0.364. The third kappa shape index (κ3) is 2.22. The standard InChI is InChI=1S/C11H13FN2O3/c1-16-10(17-2)6-14-9-4-3-7(12)5-8(9)13-11(14)15/h3-5,10H,6H2,1-2H3,(H,13,15). The maximum absolute atomic E-state index is 13.0. The second kappa shape index (κ2) is 4.68. The lowest BCUT2D eigenvalue weighted by molar-refractivity contribution is -0.110. The first kappa shape index (κ1) is 11.8. The lowest BCUT2D eigenvalue weighted by atomic mass is 10.3. The molecule has 0 unspecified atom stereocenters. The van der Waals surface area contributed by atoms with E-state index in [1.165, 1.54) is 30.9 Å². The number of ether oxygens (including phenoxy) is 2. The van der Waals surface area contributed by atoms with Gasteiger partial charge in [-0.2, -0.15) is 0 Å². The average molecular weight is 240 g/mol. The number of hydrogen-bond acceptors (Lipinski definition) is 3. The first-order valence-corrected chi connectivity index (χ1v) is 5.09. The highest BCUT2D eigenvalue weighted by Gasteiger charge is 2.12. The molecule has 1 heterocycles. The highest BCUT2D eigenvalue weighted by atomic mass is 19.1. The molecule has 2 rings (SSSR count). The Bertz CT molecular complexity index is 572. The van der Waals surface area contributed by atoms with Gasteiger partial charge < -0.3 is 14.5 Å². The molecule has 1 aromatic heterocycles. The molecule has 0 bridgehead atoms. The van der Waals surface area contributed by atoms with E-state index in [9.17, 15) is 9.18 Å². The molecule has 0 fully saturated rings. The summed E-state index contributed by atoms with van der Waals surface area (Å²) in [5.74, 6) is -0.388. The smallest absolute Gasteiger partial charge is 0.326 e. The van der Waals surface area contributed by atoms with Crippen molar-refractivity contribution in [3.63, 3.8) is 0 Å². The lowest BCUT2D eigenvalue weighted by Crippen LogP contribution is -2.27. The van der Waals surface area contributed by atoms with Gasteiger partial charge in [-0.15, -0.1) is 0 Å². The molecule has 0 spiro atoms. The van der Waals surface area contributed by atoms with Gasteiger partial charge in [0, 0.05) is 14.2 Å². The van der Waals surface area contributed by atoms with Crippen molar-refractivity contribution in [2.75, 3.05) is 14.2 Å². The van der Waals surface area contributed by atoms with Crippen LogP contribution in [-0.2, 0) is 16.0 Å². The van der Waals surface area contributed by atoms with Gasteiger partial charge in [0.15, 0.2) is 6.29 Å². The van der Waals surface area contributed by atoms with Crippen molar-refractivity contribution in [2.24, 2.45) is 0 Å². The van der Waals surface area contributed by atoms with E-state index in [4.69, 9.17) is 9.47 Å². The molecular formula is C11H13FN2O3. The molecule has 0 saturated heterocycles. The van der Waals surface area contributed by atoms with E-state index < -0.39 is 6.29 Å². The maximum atomic E-state index is 13.0. The van der Waals surface area contributed by atoms with Gasteiger partial charge in [0.2, 0.25) is 0 Å². The fourth-order valence-electron chi connectivity index (χ4n) is 1.71. The summed E-state index contributed by atoms with van der Waals surface area (Å²) in [6.45, 7) is 0.247. The van der Waals surface area contributed by atoms with Crippen LogP contribution in [0.15, 0.2) is 23.0 Å². The number of fused-ring (bicyclic) bond motifs is 1. The summed E-state index contributed by atoms with van der Waals surface area (Å²) in [6.07, 6.45) is -0.517. The molecular weight excluding hydrogens is 227 g/mol. The van der Waals surface area contributed by atoms with E-state index in [-0.39, 0.29) is 18.1 Å². The average Bonchev–Trinajstić information content (AvgIpc) is 2.61. The van der Waals surface area contributed by atoms with E-state index in [0.29, 0.717) is 11.0 Å². The summed E-state index contributed by atoms with van der Waals surface area (Å²) in [5, 5.41) is 0. The number of aromatic nitrogens is 2. The van der Waals surface area contributed by atoms with Gasteiger partial charge in [0.05, 0.1) is 17.6 Å². The third-order valence-corrected chi connectivity index (χ3v) is 2.59. The van der Waals surface area contributed by atoms with Crippen molar-refractivity contribution in [1.82, 2.24) is 9.55 Å². The van der Waals surface area contributed by atoms with Gasteiger partial charge in [-0.05, 0) is 18.2 Å². The van der Waals surface area contributed by atoms with E-state index >= 15 is 0 Å². The normalized spacial score (nSPS) is 11.5. The van der Waals surface area contributed by atoms with Crippen molar-refractivity contribution in [1.29, 1.82) is 0 Å². The summed E-state index contributed by atoms with van der Waals surface area (Å²) < 4.78 is 24.5. The molecule has 0 radical (unpaired) electrons. The van der Waals surface area contributed by atoms with Crippen molar-refractivity contribution in [2.45, 2.75) is 12.8 Å². The highest BCUT2D eigenvalue weighted by Crippen LogP contribution is 2.12. The fourth-order valence-corrected chi connectivity index (χ4v) is 1.71. The molecule has 5 nitrogen and oxygen atoms in total. The largest absolute Gasteiger partial charge is 0.354 e. The second-order valence-corrected chi connectivity index (χ2v) is 3.60. The molecule has 1 N–H and O–H groups in total. The predicted octanol–water partition coefficient (Wildman–Crippen LogP) is 1.09. The molecule has 0 atom stereocenters. The van der Waals surface area contributed by atoms with Gasteiger partial charge >= 0.3 is 5.69 Å². The van der Waals surface area contributed by atoms with Crippen LogP contribution < -0.4 is 5.69 Å². The number of aromatic amines is 1. The zero-order valence-corrected chi connectivity index (χ0v) is 9.57. The topological polar surface area (TPSA) is 56.2 Å². The molecule has 17 heavy (non-hydrogen) atoms. The Morgan fingerprint density at radius 1 is 1.41 bits per heavy atom. The van der Waals surface area contributed by atoms with Crippen LogP contribution >= 0.6 is 0 Å². The summed E-state index contributed by atoms with van der Waals surface area (Å²) in [4.78, 5) is 14.3. The van der Waals surface area contributed by atoms with Crippen LogP contribution in [0.5, 0.6) is 0 Å². The van der Waals surface area contributed by atoms with Gasteiger partial charge in [-0.3, -0.25) is 4.57 Å². The van der Waals surface area contributed by atoms with Gasteiger partial charge in [0.1, 0.15) is 5.82 Å². The zero-order valence-electron chi connectivity index (χ0n) is 9.57. The third-order valence-electron chi connectivity index (χ3n) is 2.59. The maximum Gasteiger partial charge on any atom is 0.326 e. The minimum atomic E-state index is -0.517. The second-order valence-electron chi connectivity index (χ2n) is 3.60. The number of imidazole rings is 1. The summed E-state index contributed by atoms with van der Waals surface area (Å²) in [6, 6.07) is 4.13. The Morgan fingerprint density at radius 2 is 2.12 bits per heavy atom. The summed E-state index contributed by atoms with van der Waals surface area (Å²) >= 11 is 0. The summed E-state index contributed by atoms with van der Waals surface area (Å²) in [7, 11) is 2.99. The van der Waals surface area contributed by atoms with Crippen LogP contribution in [0.25, 0.3) is 11.0 Å². The molecule has 0 saturated carbocycles. The quantitative estimate of drug-likeness (QED) is 0.814. The van der Waals surface area contributed by atoms with Crippen LogP contribution in [-0.4, -0.2) is 30.1 Å². The van der Waals surface area contributed by atoms with Crippen molar-refractivity contribution >= 4 is 11.0 Å². The van der Waals surface area contributed by atoms with Crippen LogP contribution in [0.3, 0.4) is 0 Å². The Hall–Kier alpha value is -1.66. The summed E-state index contributed by atoms with van der Waals surface area (Å²) in [5.41, 5.74) is 0.765. The van der Waals surface area contributed by atoms with Gasteiger partial charge in [0.25, 0.3) is 0 Å². The van der Waals surface area contributed by atoms with Crippen molar-refractivity contribution in [3.8, 4) is 0 Å². The first-order chi connectivity index (χ1) is 8.15. The van der Waals surface area contributed by atoms with E-state index in [0.717, 1.165) is 0 Å². The van der Waals surface area contributed by atoms with E-state index in [1.807, 2.05) is 0 Å². The molecule has 2 aromatic rings. The molecule has 0 aliphatic heterocycles. The minimum Gasteiger partial charge on any atom is -0.354 e. The van der Waals surface area contributed by atoms with Crippen LogP contribution in [0, 0.1) is 5.82 Å². The van der Waals surface area contributed by atoms with Crippen LogP contribution in [0.4, 0.5) is 4.39 Å². The van der Waals surface area contributed by atoms with E-state index in [1.54, 1.807) is 6.07 Å². The number of rotatable bonds is 4. The predicted molar refractivity (Wildman–Crippen MR) is 60.3 cm³/mol. The highest BCUT2D eigenvalue weighted by molar-refractivity contribution is 5.75. The molecule has 92 valence electrons. The van der Waals surface area contributed by atoms with Crippen LogP contribution in [0.2, 0.25) is 0 Å². The Kier molecular flexibility index (Phi) is 3.26. The van der Waals surface area contributed by atoms with Crippen molar-refractivity contribution < 1.29 is 13.9 Å². The number of halogens is 1. The molecule has 6 heteroatoms. The Labute approximate surface area is 96.8 Å². The van der Waals surface area contributed by atoms with E-state index in [2.05, 4.69) is 4.98 Å². The Balaban J connectivity index is 2.46. The van der Waals surface area contributed by atoms with Gasteiger partial charge in [-0.25, -0.2) is 9.18 Å². The number of methoxy groups -OCH3 is 2. The Morgan fingerprint density at radius 3 is 2.76 bits per heavy atom. The minimum absolute atomic E-state index is 0.247. The SMILES string of the molecule is COC(Cn1c(=O)[nH]c2cc(F)ccc21)OC. The number of nitrogens with zero attached hydrogens (tertiary/aromatic N) is 1. The van der Waals surface area contributed by atoms with Crippen molar-refractivity contribution in [3.05, 3.63) is 34.5 Å². The molecule has 0 amide bonds. The van der Waals surface area contributed by atoms with Gasteiger partial charge in [-0.1, -0.05) is 0 Å². The lowest BCUT2D eigenvalue weighted by Gasteiger charge is -2.13. The number of nitrogens with one attached hydrogen (secondary N) is 1. The number of benzene rings is 1.